The molecule has 1 fully saturated rings. The largest absolute Gasteiger partial charge is 0.416 e. The fraction of sp³-hybridized carbons (Fsp3) is 0.222. The van der Waals surface area contributed by atoms with Crippen LogP contribution in [0.4, 0.5) is 30.2 Å². The number of fused-ring (bicyclic) bond motifs is 1. The number of anilines is 3. The maximum absolute atomic E-state index is 12.9. The van der Waals surface area contributed by atoms with Crippen molar-refractivity contribution in [2.75, 3.05) is 43.4 Å². The number of nitrogens with zero attached hydrogens (tertiary/aromatic N) is 3. The third-order valence-electron chi connectivity index (χ3n) is 6.30. The van der Waals surface area contributed by atoms with E-state index in [1.165, 1.54) is 17.8 Å². The number of piperazine rings is 1. The lowest BCUT2D eigenvalue weighted by molar-refractivity contribution is -0.137. The van der Waals surface area contributed by atoms with Crippen molar-refractivity contribution in [3.8, 4) is 11.1 Å². The van der Waals surface area contributed by atoms with Crippen molar-refractivity contribution in [1.29, 1.82) is 0 Å². The van der Waals surface area contributed by atoms with Crippen LogP contribution in [0.15, 0.2) is 79.0 Å². The highest BCUT2D eigenvalue weighted by atomic mass is 19.4. The molecule has 3 aromatic carbocycles. The second-order valence-corrected chi connectivity index (χ2v) is 8.63. The minimum atomic E-state index is -4.34. The lowest BCUT2D eigenvalue weighted by atomic mass is 10.0. The van der Waals surface area contributed by atoms with Gasteiger partial charge in [-0.2, -0.15) is 13.2 Å². The topological polar surface area (TPSA) is 31.4 Å². The maximum atomic E-state index is 12.9. The number of halogens is 3. The molecule has 0 spiro atoms. The highest BCUT2D eigenvalue weighted by Gasteiger charge is 2.30. The van der Waals surface area contributed by atoms with E-state index >= 15 is 0 Å². The third-order valence-corrected chi connectivity index (χ3v) is 6.30. The molecule has 1 aliphatic rings. The highest BCUT2D eigenvalue weighted by Crippen LogP contribution is 2.33. The van der Waals surface area contributed by atoms with Gasteiger partial charge in [0.05, 0.1) is 11.1 Å². The average molecular weight is 463 g/mol. The first-order valence-electron chi connectivity index (χ1n) is 11.2. The fourth-order valence-corrected chi connectivity index (χ4v) is 4.26. The Balaban J connectivity index is 1.39. The predicted molar refractivity (Wildman–Crippen MR) is 132 cm³/mol. The Morgan fingerprint density at radius 2 is 1.47 bits per heavy atom. The van der Waals surface area contributed by atoms with Crippen molar-refractivity contribution in [3.63, 3.8) is 0 Å². The number of likely N-dealkylation sites (N-methyl/N-ethyl adjacent to an activating group) is 1. The van der Waals surface area contributed by atoms with Crippen molar-refractivity contribution >= 4 is 28.0 Å². The summed E-state index contributed by atoms with van der Waals surface area (Å²) in [5.41, 5.74) is 4.79. The molecule has 174 valence electrons. The zero-order valence-corrected chi connectivity index (χ0v) is 18.8. The van der Waals surface area contributed by atoms with Crippen LogP contribution in [0.2, 0.25) is 0 Å². The smallest absolute Gasteiger partial charge is 0.369 e. The van der Waals surface area contributed by atoms with Crippen LogP contribution in [0.25, 0.3) is 22.0 Å². The molecule has 4 nitrogen and oxygen atoms in total. The first kappa shape index (κ1) is 22.2. The summed E-state index contributed by atoms with van der Waals surface area (Å²) in [4.78, 5) is 9.17. The van der Waals surface area contributed by atoms with E-state index in [0.29, 0.717) is 0 Å². The molecule has 1 N–H and O–H groups in total. The van der Waals surface area contributed by atoms with E-state index in [-0.39, 0.29) is 0 Å². The molecule has 34 heavy (non-hydrogen) atoms. The minimum Gasteiger partial charge on any atom is -0.369 e. The summed E-state index contributed by atoms with van der Waals surface area (Å²) < 4.78 is 38.7. The Morgan fingerprint density at radius 3 is 2.15 bits per heavy atom. The van der Waals surface area contributed by atoms with Gasteiger partial charge in [0.15, 0.2) is 0 Å². The van der Waals surface area contributed by atoms with Crippen molar-refractivity contribution in [3.05, 3.63) is 84.6 Å². The van der Waals surface area contributed by atoms with Gasteiger partial charge in [-0.1, -0.05) is 18.2 Å². The molecule has 0 amide bonds. The molecule has 1 aromatic heterocycles. The van der Waals surface area contributed by atoms with Crippen LogP contribution in [0.1, 0.15) is 5.56 Å². The van der Waals surface area contributed by atoms with E-state index in [1.807, 2.05) is 24.3 Å². The van der Waals surface area contributed by atoms with Crippen LogP contribution in [-0.4, -0.2) is 43.1 Å². The lowest BCUT2D eigenvalue weighted by Gasteiger charge is -2.34. The number of hydrogen-bond acceptors (Lipinski definition) is 4. The van der Waals surface area contributed by atoms with Crippen LogP contribution < -0.4 is 10.2 Å². The average Bonchev–Trinajstić information content (AvgIpc) is 2.85. The SMILES string of the molecule is CN1CCN(c2ccc(Nc3ccnc4ccc(-c5ccc(C(F)(F)F)cc5)cc34)cc2)CC1. The van der Waals surface area contributed by atoms with Crippen molar-refractivity contribution in [1.82, 2.24) is 9.88 Å². The Kier molecular flexibility index (Phi) is 5.87. The van der Waals surface area contributed by atoms with Gasteiger partial charge in [0, 0.05) is 54.8 Å². The minimum absolute atomic E-state index is 0.652. The number of aromatic nitrogens is 1. The molecule has 0 radical (unpaired) electrons. The summed E-state index contributed by atoms with van der Waals surface area (Å²) in [5.74, 6) is 0. The van der Waals surface area contributed by atoms with Crippen molar-refractivity contribution in [2.45, 2.75) is 6.18 Å². The number of nitrogens with one attached hydrogen (secondary N) is 1. The molecular formula is C27H25F3N4. The molecule has 0 bridgehead atoms. The van der Waals surface area contributed by atoms with Gasteiger partial charge in [-0.15, -0.1) is 0 Å². The molecule has 4 aromatic rings. The van der Waals surface area contributed by atoms with Crippen LogP contribution in [-0.2, 0) is 6.18 Å². The first-order valence-corrected chi connectivity index (χ1v) is 11.2. The summed E-state index contributed by atoms with van der Waals surface area (Å²) in [7, 11) is 2.15. The number of alkyl halides is 3. The van der Waals surface area contributed by atoms with E-state index in [2.05, 4.69) is 51.4 Å². The third kappa shape index (κ3) is 4.70. The number of benzene rings is 3. The molecule has 1 aliphatic heterocycles. The van der Waals surface area contributed by atoms with Gasteiger partial charge in [-0.05, 0) is 72.8 Å². The molecule has 5 rings (SSSR count). The van der Waals surface area contributed by atoms with E-state index in [9.17, 15) is 13.2 Å². The standard InChI is InChI=1S/C27H25F3N4/c1-33-14-16-34(17-15-33)23-9-7-22(8-10-23)32-26-12-13-31-25-11-4-20(18-24(25)26)19-2-5-21(6-3-19)27(28,29)30/h2-13,18H,14-17H2,1H3,(H,31,32). The molecule has 0 saturated carbocycles. The zero-order chi connectivity index (χ0) is 23.7. The molecule has 0 unspecified atom stereocenters. The van der Waals surface area contributed by atoms with Crippen LogP contribution in [0.5, 0.6) is 0 Å². The zero-order valence-electron chi connectivity index (χ0n) is 18.8. The van der Waals surface area contributed by atoms with Gasteiger partial charge in [0.2, 0.25) is 0 Å². The summed E-state index contributed by atoms with van der Waals surface area (Å²) >= 11 is 0. The van der Waals surface area contributed by atoms with E-state index in [4.69, 9.17) is 0 Å². The predicted octanol–water partition coefficient (Wildman–Crippen LogP) is 6.42. The van der Waals surface area contributed by atoms with Gasteiger partial charge in [-0.3, -0.25) is 4.98 Å². The molecule has 0 atom stereocenters. The van der Waals surface area contributed by atoms with Gasteiger partial charge in [0.25, 0.3) is 0 Å². The van der Waals surface area contributed by atoms with Gasteiger partial charge in [-0.25, -0.2) is 0 Å². The summed E-state index contributed by atoms with van der Waals surface area (Å²) in [6, 6.07) is 21.3. The Labute approximate surface area is 196 Å². The van der Waals surface area contributed by atoms with Gasteiger partial charge >= 0.3 is 6.18 Å². The first-order chi connectivity index (χ1) is 16.4. The Morgan fingerprint density at radius 1 is 0.794 bits per heavy atom. The highest BCUT2D eigenvalue weighted by molar-refractivity contribution is 5.95. The second-order valence-electron chi connectivity index (χ2n) is 8.63. The monoisotopic (exact) mass is 462 g/mol. The molecule has 0 aliphatic carbocycles. The molecule has 1 saturated heterocycles. The van der Waals surface area contributed by atoms with E-state index in [0.717, 1.165) is 71.7 Å². The fourth-order valence-electron chi connectivity index (χ4n) is 4.26. The Bertz CT molecular complexity index is 1280. The summed E-state index contributed by atoms with van der Waals surface area (Å²) in [5, 5.41) is 4.38. The number of hydrogen-bond donors (Lipinski definition) is 1. The van der Waals surface area contributed by atoms with E-state index in [1.54, 1.807) is 6.20 Å². The summed E-state index contributed by atoms with van der Waals surface area (Å²) in [6.07, 6.45) is -2.59. The normalized spacial score (nSPS) is 15.0. The molecular weight excluding hydrogens is 437 g/mol. The van der Waals surface area contributed by atoms with Gasteiger partial charge in [0.1, 0.15) is 0 Å². The van der Waals surface area contributed by atoms with Crippen LogP contribution >= 0.6 is 0 Å². The summed E-state index contributed by atoms with van der Waals surface area (Å²) in [6.45, 7) is 4.16. The van der Waals surface area contributed by atoms with Gasteiger partial charge < -0.3 is 15.1 Å². The maximum Gasteiger partial charge on any atom is 0.416 e. The lowest BCUT2D eigenvalue weighted by Crippen LogP contribution is -2.44. The molecule has 7 heteroatoms. The molecule has 2 heterocycles. The van der Waals surface area contributed by atoms with Crippen molar-refractivity contribution < 1.29 is 13.2 Å². The van der Waals surface area contributed by atoms with Crippen LogP contribution in [0, 0.1) is 0 Å². The van der Waals surface area contributed by atoms with Crippen molar-refractivity contribution in [2.24, 2.45) is 0 Å². The van der Waals surface area contributed by atoms with E-state index < -0.39 is 11.7 Å². The number of rotatable bonds is 4. The second kappa shape index (κ2) is 8.99. The quantitative estimate of drug-likeness (QED) is 0.379. The Hall–Kier alpha value is -3.58. The van der Waals surface area contributed by atoms with Crippen LogP contribution in [0.3, 0.4) is 0 Å². The number of pyridine rings is 1.